The van der Waals surface area contributed by atoms with E-state index in [1.807, 2.05) is 6.07 Å². The van der Waals surface area contributed by atoms with Gasteiger partial charge in [-0.15, -0.1) is 0 Å². The minimum atomic E-state index is -0.777. The van der Waals surface area contributed by atoms with Crippen molar-refractivity contribution < 1.29 is 4.39 Å². The molecule has 10 nitrogen and oxygen atoms in total. The summed E-state index contributed by atoms with van der Waals surface area (Å²) < 4.78 is 15.1. The van der Waals surface area contributed by atoms with Crippen molar-refractivity contribution >= 4 is 51.7 Å². The van der Waals surface area contributed by atoms with Crippen molar-refractivity contribution in [2.75, 3.05) is 16.8 Å². The van der Waals surface area contributed by atoms with Crippen molar-refractivity contribution in [2.45, 2.75) is 13.0 Å². The van der Waals surface area contributed by atoms with Crippen molar-refractivity contribution in [3.05, 3.63) is 68.2 Å². The van der Waals surface area contributed by atoms with Gasteiger partial charge in [0, 0.05) is 6.07 Å². The van der Waals surface area contributed by atoms with Crippen LogP contribution in [0.15, 0.2) is 35.4 Å². The largest absolute Gasteiger partial charge is 0.382 e. The molecule has 0 bridgehead atoms. The minimum Gasteiger partial charge on any atom is -0.382 e. The van der Waals surface area contributed by atoms with E-state index >= 15 is 0 Å². The standard InChI is InChI=1S/C20H14Cl2FN9O/c1-8(28-17-11(5-24)16(25)30-20(26)31-17)18-29-15-13(22)3-2-12(21)14(15)19(33)32(18)10-4-9(23)6-27-7-10/h2-4,6-8H,1H3,(H5,25,26,28,30,31). The van der Waals surface area contributed by atoms with E-state index in [1.165, 1.54) is 18.3 Å². The van der Waals surface area contributed by atoms with E-state index in [-0.39, 0.29) is 55.6 Å². The summed E-state index contributed by atoms with van der Waals surface area (Å²) in [6.45, 7) is 1.64. The second-order valence-corrected chi connectivity index (χ2v) is 7.71. The third kappa shape index (κ3) is 3.97. The monoisotopic (exact) mass is 485 g/mol. The van der Waals surface area contributed by atoms with Gasteiger partial charge in [-0.2, -0.15) is 15.2 Å². The van der Waals surface area contributed by atoms with Gasteiger partial charge in [0.1, 0.15) is 29.1 Å². The van der Waals surface area contributed by atoms with Crippen LogP contribution in [-0.2, 0) is 0 Å². The maximum atomic E-state index is 14.0. The molecule has 0 fully saturated rings. The molecule has 0 aliphatic heterocycles. The molecule has 0 saturated carbocycles. The number of nitrogens with zero attached hydrogens (tertiary/aromatic N) is 6. The van der Waals surface area contributed by atoms with Gasteiger partial charge in [-0.1, -0.05) is 23.2 Å². The molecule has 1 unspecified atom stereocenters. The number of nitrogens with two attached hydrogens (primary N) is 2. The number of nitriles is 1. The normalized spacial score (nSPS) is 11.8. The predicted octanol–water partition coefficient (Wildman–Crippen LogP) is 3.23. The van der Waals surface area contributed by atoms with Crippen LogP contribution in [0.2, 0.25) is 10.0 Å². The van der Waals surface area contributed by atoms with Crippen LogP contribution >= 0.6 is 23.2 Å². The Labute approximate surface area is 195 Å². The van der Waals surface area contributed by atoms with E-state index in [9.17, 15) is 14.4 Å². The molecule has 4 aromatic rings. The first kappa shape index (κ1) is 22.2. The number of halogens is 3. The fourth-order valence-corrected chi connectivity index (χ4v) is 3.71. The Bertz CT molecular complexity index is 1520. The van der Waals surface area contributed by atoms with Crippen LogP contribution in [0.25, 0.3) is 16.6 Å². The van der Waals surface area contributed by atoms with E-state index in [4.69, 9.17) is 34.7 Å². The van der Waals surface area contributed by atoms with Gasteiger partial charge in [-0.05, 0) is 19.1 Å². The van der Waals surface area contributed by atoms with Gasteiger partial charge in [-0.25, -0.2) is 9.37 Å². The fraction of sp³-hybridized carbons (Fsp3) is 0.100. The molecule has 0 aliphatic rings. The molecule has 0 saturated heterocycles. The molecule has 13 heteroatoms. The lowest BCUT2D eigenvalue weighted by Crippen LogP contribution is -2.28. The van der Waals surface area contributed by atoms with Gasteiger partial charge in [0.05, 0.1) is 45.1 Å². The summed E-state index contributed by atoms with van der Waals surface area (Å²) in [5, 5.41) is 12.8. The summed E-state index contributed by atoms with van der Waals surface area (Å²) >= 11 is 12.6. The highest BCUT2D eigenvalue weighted by Crippen LogP contribution is 2.30. The van der Waals surface area contributed by atoms with Crippen molar-refractivity contribution in [2.24, 2.45) is 0 Å². The molecule has 0 spiro atoms. The molecule has 33 heavy (non-hydrogen) atoms. The van der Waals surface area contributed by atoms with Crippen LogP contribution < -0.4 is 22.3 Å². The zero-order chi connectivity index (χ0) is 23.9. The molecule has 4 rings (SSSR count). The summed E-state index contributed by atoms with van der Waals surface area (Å²) in [6, 6.07) is 5.23. The van der Waals surface area contributed by atoms with Crippen molar-refractivity contribution in [3.8, 4) is 11.8 Å². The summed E-state index contributed by atoms with van der Waals surface area (Å²) in [7, 11) is 0. The highest BCUT2D eigenvalue weighted by atomic mass is 35.5. The summed E-state index contributed by atoms with van der Waals surface area (Å²) in [5.41, 5.74) is 11.1. The Balaban J connectivity index is 1.99. The van der Waals surface area contributed by atoms with Crippen LogP contribution in [0, 0.1) is 17.1 Å². The fourth-order valence-electron chi connectivity index (χ4n) is 3.28. The van der Waals surface area contributed by atoms with Crippen molar-refractivity contribution in [3.63, 3.8) is 0 Å². The number of rotatable bonds is 4. The quantitative estimate of drug-likeness (QED) is 0.393. The average Bonchev–Trinajstić information content (AvgIpc) is 2.75. The Kier molecular flexibility index (Phi) is 5.71. The van der Waals surface area contributed by atoms with E-state index in [0.717, 1.165) is 16.8 Å². The van der Waals surface area contributed by atoms with Gasteiger partial charge in [0.15, 0.2) is 5.82 Å². The number of fused-ring (bicyclic) bond motifs is 1. The Morgan fingerprint density at radius 3 is 2.61 bits per heavy atom. The number of anilines is 3. The number of nitrogen functional groups attached to an aromatic ring is 2. The van der Waals surface area contributed by atoms with Crippen molar-refractivity contribution in [1.82, 2.24) is 24.5 Å². The lowest BCUT2D eigenvalue weighted by Gasteiger charge is -2.21. The number of aromatic nitrogens is 5. The number of nitrogens with one attached hydrogen (secondary N) is 1. The Morgan fingerprint density at radius 2 is 1.91 bits per heavy atom. The lowest BCUT2D eigenvalue weighted by molar-refractivity contribution is 0.617. The molecule has 0 radical (unpaired) electrons. The second-order valence-electron chi connectivity index (χ2n) is 6.89. The SMILES string of the molecule is CC(Nc1nc(N)nc(N)c1C#N)c1nc2c(Cl)ccc(Cl)c2c(=O)n1-c1cncc(F)c1. The molecule has 3 aromatic heterocycles. The molecule has 1 atom stereocenters. The molecule has 166 valence electrons. The number of hydrogen-bond donors (Lipinski definition) is 3. The molecular formula is C20H14Cl2FN9O. The molecule has 0 aliphatic carbocycles. The maximum Gasteiger partial charge on any atom is 0.267 e. The van der Waals surface area contributed by atoms with Gasteiger partial charge < -0.3 is 16.8 Å². The van der Waals surface area contributed by atoms with Crippen LogP contribution in [0.4, 0.5) is 22.0 Å². The number of pyridine rings is 1. The molecule has 5 N–H and O–H groups in total. The van der Waals surface area contributed by atoms with E-state index in [2.05, 4.69) is 25.3 Å². The smallest absolute Gasteiger partial charge is 0.267 e. The highest BCUT2D eigenvalue weighted by molar-refractivity contribution is 6.39. The van der Waals surface area contributed by atoms with Crippen molar-refractivity contribution in [1.29, 1.82) is 5.26 Å². The second kappa shape index (κ2) is 8.50. The van der Waals surface area contributed by atoms with Crippen LogP contribution in [0.1, 0.15) is 24.4 Å². The molecule has 3 heterocycles. The first-order valence-corrected chi connectivity index (χ1v) is 10.1. The highest BCUT2D eigenvalue weighted by Gasteiger charge is 2.23. The maximum absolute atomic E-state index is 14.0. The first-order valence-electron chi connectivity index (χ1n) is 9.32. The van der Waals surface area contributed by atoms with Crippen LogP contribution in [-0.4, -0.2) is 24.5 Å². The van der Waals surface area contributed by atoms with Gasteiger partial charge in [0.25, 0.3) is 5.56 Å². The first-order chi connectivity index (χ1) is 15.7. The Hall–Kier alpha value is -4.01. The summed E-state index contributed by atoms with van der Waals surface area (Å²) in [5.74, 6) is -0.789. The predicted molar refractivity (Wildman–Crippen MR) is 123 cm³/mol. The Morgan fingerprint density at radius 1 is 1.18 bits per heavy atom. The van der Waals surface area contributed by atoms with Gasteiger partial charge in [0.2, 0.25) is 5.95 Å². The van der Waals surface area contributed by atoms with Crippen LogP contribution in [0.3, 0.4) is 0 Å². The summed E-state index contributed by atoms with van der Waals surface area (Å²) in [6.07, 6.45) is 2.30. The summed E-state index contributed by atoms with van der Waals surface area (Å²) in [4.78, 5) is 29.7. The zero-order valence-corrected chi connectivity index (χ0v) is 18.4. The van der Waals surface area contributed by atoms with E-state index in [0.29, 0.717) is 0 Å². The third-order valence-electron chi connectivity index (χ3n) is 4.71. The number of benzene rings is 1. The topological polar surface area (TPSA) is 161 Å². The number of hydrogen-bond acceptors (Lipinski definition) is 9. The van der Waals surface area contributed by atoms with E-state index in [1.54, 1.807) is 6.92 Å². The molecule has 1 aromatic carbocycles. The lowest BCUT2D eigenvalue weighted by atomic mass is 10.2. The third-order valence-corrected chi connectivity index (χ3v) is 5.33. The average molecular weight is 486 g/mol. The van der Waals surface area contributed by atoms with E-state index < -0.39 is 17.4 Å². The minimum absolute atomic E-state index is 0.0328. The zero-order valence-electron chi connectivity index (χ0n) is 16.8. The van der Waals surface area contributed by atoms with Crippen LogP contribution in [0.5, 0.6) is 0 Å². The van der Waals surface area contributed by atoms with Gasteiger partial charge >= 0.3 is 0 Å². The molecular weight excluding hydrogens is 472 g/mol. The molecule has 0 amide bonds. The van der Waals surface area contributed by atoms with Gasteiger partial charge in [-0.3, -0.25) is 14.3 Å².